The molecule has 3 unspecified atom stereocenters. The van der Waals surface area contributed by atoms with Gasteiger partial charge >= 0.3 is 0 Å². The molecule has 0 amide bonds. The third-order valence-electron chi connectivity index (χ3n) is 2.83. The highest BCUT2D eigenvalue weighted by atomic mass is 32.2. The summed E-state index contributed by atoms with van der Waals surface area (Å²) >= 11 is 2.14. The first kappa shape index (κ1) is 10.4. The molecule has 0 aromatic rings. The van der Waals surface area contributed by atoms with Crippen LogP contribution in [-0.4, -0.2) is 23.6 Å². The van der Waals surface area contributed by atoms with E-state index in [9.17, 15) is 0 Å². The van der Waals surface area contributed by atoms with Gasteiger partial charge in [0.25, 0.3) is 0 Å². The van der Waals surface area contributed by atoms with E-state index >= 15 is 0 Å². The van der Waals surface area contributed by atoms with Crippen LogP contribution in [0.25, 0.3) is 0 Å². The van der Waals surface area contributed by atoms with Crippen molar-refractivity contribution in [3.8, 4) is 0 Å². The van der Waals surface area contributed by atoms with Crippen molar-refractivity contribution >= 4 is 11.8 Å². The van der Waals surface area contributed by atoms with Gasteiger partial charge < -0.3 is 5.32 Å². The van der Waals surface area contributed by atoms with E-state index in [0.717, 1.165) is 23.8 Å². The average Bonchev–Trinajstić information content (AvgIpc) is 2.38. The summed E-state index contributed by atoms with van der Waals surface area (Å²) in [5.41, 5.74) is 0. The number of hydrogen-bond acceptors (Lipinski definition) is 2. The molecule has 3 atom stereocenters. The molecule has 0 saturated heterocycles. The second-order valence-corrected chi connectivity index (χ2v) is 5.11. The van der Waals surface area contributed by atoms with E-state index < -0.39 is 0 Å². The topological polar surface area (TPSA) is 12.0 Å². The zero-order valence-electron chi connectivity index (χ0n) is 8.47. The largest absolute Gasteiger partial charge is 0.314 e. The Bertz CT molecular complexity index is 113. The summed E-state index contributed by atoms with van der Waals surface area (Å²) in [6, 6.07) is 0.791. The Morgan fingerprint density at radius 3 is 2.67 bits per heavy atom. The van der Waals surface area contributed by atoms with E-state index in [1.54, 1.807) is 0 Å². The molecule has 2 heteroatoms. The Morgan fingerprint density at radius 1 is 1.33 bits per heavy atom. The smallest absolute Gasteiger partial charge is 0.0103 e. The summed E-state index contributed by atoms with van der Waals surface area (Å²) in [7, 11) is 0. The molecule has 0 aromatic carbocycles. The van der Waals surface area contributed by atoms with E-state index in [1.807, 2.05) is 0 Å². The molecule has 0 radical (unpaired) electrons. The highest BCUT2D eigenvalue weighted by molar-refractivity contribution is 7.99. The summed E-state index contributed by atoms with van der Waals surface area (Å²) in [6.07, 6.45) is 2.80. The van der Waals surface area contributed by atoms with Crippen LogP contribution in [0.3, 0.4) is 0 Å². The predicted molar refractivity (Wildman–Crippen MR) is 57.8 cm³/mol. The van der Waals surface area contributed by atoms with Gasteiger partial charge in [0.05, 0.1) is 0 Å². The third-order valence-corrected chi connectivity index (χ3v) is 4.26. The van der Waals surface area contributed by atoms with Crippen LogP contribution >= 0.6 is 11.8 Å². The van der Waals surface area contributed by atoms with Gasteiger partial charge in [0.1, 0.15) is 0 Å². The Balaban J connectivity index is 2.32. The van der Waals surface area contributed by atoms with Gasteiger partial charge in [0.2, 0.25) is 0 Å². The van der Waals surface area contributed by atoms with Crippen molar-refractivity contribution in [3.63, 3.8) is 0 Å². The van der Waals surface area contributed by atoms with Crippen LogP contribution in [0, 0.1) is 5.92 Å². The van der Waals surface area contributed by atoms with Gasteiger partial charge in [0, 0.05) is 11.3 Å². The Hall–Kier alpha value is 0.310. The van der Waals surface area contributed by atoms with Gasteiger partial charge in [-0.3, -0.25) is 0 Å². The predicted octanol–water partition coefficient (Wildman–Crippen LogP) is 2.52. The number of hydrogen-bond donors (Lipinski definition) is 1. The highest BCUT2D eigenvalue weighted by Gasteiger charge is 2.31. The molecule has 1 N–H and O–H groups in total. The van der Waals surface area contributed by atoms with Gasteiger partial charge in [-0.05, 0) is 31.1 Å². The lowest BCUT2D eigenvalue weighted by molar-refractivity contribution is 0.441. The standard InChI is InChI=1S/C10H21NS/c1-4-11-9-6-7-10(8(9)3)12-5-2/h8-11H,4-7H2,1-3H3. The minimum atomic E-state index is 0.791. The molecule has 0 aliphatic heterocycles. The number of thioether (sulfide) groups is 1. The molecule has 12 heavy (non-hydrogen) atoms. The van der Waals surface area contributed by atoms with Crippen molar-refractivity contribution in [1.29, 1.82) is 0 Å². The quantitative estimate of drug-likeness (QED) is 0.726. The zero-order chi connectivity index (χ0) is 8.97. The average molecular weight is 187 g/mol. The molecule has 1 saturated carbocycles. The van der Waals surface area contributed by atoms with Crippen LogP contribution in [0.2, 0.25) is 0 Å². The highest BCUT2D eigenvalue weighted by Crippen LogP contribution is 2.34. The molecule has 1 aliphatic rings. The molecule has 1 fully saturated rings. The molecule has 0 bridgehead atoms. The van der Waals surface area contributed by atoms with Crippen LogP contribution in [0.5, 0.6) is 0 Å². The zero-order valence-corrected chi connectivity index (χ0v) is 9.29. The monoisotopic (exact) mass is 187 g/mol. The lowest BCUT2D eigenvalue weighted by atomic mass is 10.1. The molecular weight excluding hydrogens is 166 g/mol. The Morgan fingerprint density at radius 2 is 2.08 bits per heavy atom. The van der Waals surface area contributed by atoms with Crippen molar-refractivity contribution in [2.45, 2.75) is 44.9 Å². The van der Waals surface area contributed by atoms with Crippen molar-refractivity contribution in [1.82, 2.24) is 5.32 Å². The van der Waals surface area contributed by atoms with Crippen LogP contribution in [0.15, 0.2) is 0 Å². The summed E-state index contributed by atoms with van der Waals surface area (Å²) in [5, 5.41) is 4.49. The summed E-state index contributed by atoms with van der Waals surface area (Å²) < 4.78 is 0. The molecule has 0 spiro atoms. The maximum absolute atomic E-state index is 3.57. The summed E-state index contributed by atoms with van der Waals surface area (Å²) in [4.78, 5) is 0. The van der Waals surface area contributed by atoms with Gasteiger partial charge in [-0.25, -0.2) is 0 Å². The van der Waals surface area contributed by atoms with Gasteiger partial charge in [-0.2, -0.15) is 11.8 Å². The maximum Gasteiger partial charge on any atom is 0.0103 e. The van der Waals surface area contributed by atoms with Crippen molar-refractivity contribution in [2.24, 2.45) is 5.92 Å². The van der Waals surface area contributed by atoms with Gasteiger partial charge in [-0.1, -0.05) is 20.8 Å². The Labute approximate surface area is 80.7 Å². The SMILES string of the molecule is CCNC1CCC(SCC)C1C. The molecule has 0 heterocycles. The van der Waals surface area contributed by atoms with E-state index in [0.29, 0.717) is 0 Å². The molecular formula is C10H21NS. The van der Waals surface area contributed by atoms with Gasteiger partial charge in [0.15, 0.2) is 0 Å². The van der Waals surface area contributed by atoms with Crippen molar-refractivity contribution < 1.29 is 0 Å². The molecule has 1 aliphatic carbocycles. The van der Waals surface area contributed by atoms with Crippen LogP contribution in [0.1, 0.15) is 33.6 Å². The normalized spacial score (nSPS) is 35.8. The first-order valence-corrected chi connectivity index (χ1v) is 6.19. The lowest BCUT2D eigenvalue weighted by Gasteiger charge is -2.20. The van der Waals surface area contributed by atoms with E-state index in [4.69, 9.17) is 0 Å². The third kappa shape index (κ3) is 2.40. The molecule has 1 rings (SSSR count). The lowest BCUT2D eigenvalue weighted by Crippen LogP contribution is -2.33. The fraction of sp³-hybridized carbons (Fsp3) is 1.00. The maximum atomic E-state index is 3.57. The van der Waals surface area contributed by atoms with Crippen LogP contribution in [0.4, 0.5) is 0 Å². The first-order chi connectivity index (χ1) is 5.79. The summed E-state index contributed by atoms with van der Waals surface area (Å²) in [6.45, 7) is 7.98. The van der Waals surface area contributed by atoms with Gasteiger partial charge in [-0.15, -0.1) is 0 Å². The summed E-state index contributed by atoms with van der Waals surface area (Å²) in [5.74, 6) is 2.14. The van der Waals surface area contributed by atoms with Crippen LogP contribution < -0.4 is 5.32 Å². The number of nitrogens with one attached hydrogen (secondary N) is 1. The molecule has 0 aromatic heterocycles. The second-order valence-electron chi connectivity index (χ2n) is 3.59. The van der Waals surface area contributed by atoms with E-state index in [2.05, 4.69) is 37.8 Å². The molecule has 72 valence electrons. The van der Waals surface area contributed by atoms with Crippen molar-refractivity contribution in [3.05, 3.63) is 0 Å². The molecule has 1 nitrogen and oxygen atoms in total. The minimum absolute atomic E-state index is 0.791. The fourth-order valence-electron chi connectivity index (χ4n) is 2.13. The van der Waals surface area contributed by atoms with Crippen molar-refractivity contribution in [2.75, 3.05) is 12.3 Å². The first-order valence-electron chi connectivity index (χ1n) is 5.14. The fourth-order valence-corrected chi connectivity index (χ4v) is 3.35. The second kappa shape index (κ2) is 5.13. The van der Waals surface area contributed by atoms with E-state index in [-0.39, 0.29) is 0 Å². The van der Waals surface area contributed by atoms with Crippen LogP contribution in [-0.2, 0) is 0 Å². The number of rotatable bonds is 4. The minimum Gasteiger partial charge on any atom is -0.314 e. The Kier molecular flexibility index (Phi) is 4.44. The van der Waals surface area contributed by atoms with E-state index in [1.165, 1.54) is 18.6 Å².